The topological polar surface area (TPSA) is 95.8 Å². The van der Waals surface area contributed by atoms with E-state index in [1.54, 1.807) is 20.0 Å². The molecule has 7 nitrogen and oxygen atoms in total. The van der Waals surface area contributed by atoms with E-state index in [-0.39, 0.29) is 11.9 Å². The maximum atomic E-state index is 12.4. The average Bonchev–Trinajstić information content (AvgIpc) is 3.21. The fourth-order valence-corrected chi connectivity index (χ4v) is 3.58. The Morgan fingerprint density at radius 2 is 2.28 bits per heavy atom. The quantitative estimate of drug-likeness (QED) is 0.744. The summed E-state index contributed by atoms with van der Waals surface area (Å²) in [7, 11) is 0. The lowest BCUT2D eigenvalue weighted by atomic mass is 10.0. The van der Waals surface area contributed by atoms with Crippen molar-refractivity contribution >= 4 is 5.91 Å². The second-order valence-electron chi connectivity index (χ2n) is 7.71. The average molecular weight is 345 g/mol. The number of hydrogen-bond donors (Lipinski definition) is 3. The van der Waals surface area contributed by atoms with Crippen molar-refractivity contribution in [3.8, 4) is 0 Å². The lowest BCUT2D eigenvalue weighted by Crippen LogP contribution is -2.39. The van der Waals surface area contributed by atoms with Gasteiger partial charge in [0.25, 0.3) is 5.91 Å². The minimum Gasteiger partial charge on any atom is -0.390 e. The van der Waals surface area contributed by atoms with E-state index in [2.05, 4.69) is 20.6 Å². The number of rotatable bonds is 6. The summed E-state index contributed by atoms with van der Waals surface area (Å²) in [6, 6.07) is 1.97. The highest BCUT2D eigenvalue weighted by Gasteiger charge is 2.30. The smallest absolute Gasteiger partial charge is 0.253 e. The monoisotopic (exact) mass is 345 g/mol. The van der Waals surface area contributed by atoms with Crippen molar-refractivity contribution < 1.29 is 9.90 Å². The van der Waals surface area contributed by atoms with Gasteiger partial charge in [-0.25, -0.2) is 0 Å². The molecule has 2 aromatic rings. The molecule has 3 rings (SSSR count). The number of nitrogens with one attached hydrogen (secondary N) is 2. The number of aliphatic hydroxyl groups is 1. The first-order valence-corrected chi connectivity index (χ1v) is 8.88. The standard InChI is InChI=1S/C18H27N5O2/c1-12-15(7-8-19-12)17(24)20-16-6-4-5-13(16)10-23-11-14(21-22-23)9-18(2,3)25/h7-8,11,13,16,19,25H,4-6,9-10H2,1-3H3,(H,20,24)/t13-,16-/m1/s1. The van der Waals surface area contributed by atoms with E-state index in [0.29, 0.717) is 17.9 Å². The van der Waals surface area contributed by atoms with E-state index in [1.165, 1.54) is 0 Å². The Balaban J connectivity index is 1.60. The predicted molar refractivity (Wildman–Crippen MR) is 94.1 cm³/mol. The summed E-state index contributed by atoms with van der Waals surface area (Å²) in [5, 5.41) is 21.4. The number of hydrogen-bond acceptors (Lipinski definition) is 4. The van der Waals surface area contributed by atoms with Crippen molar-refractivity contribution in [2.75, 3.05) is 0 Å². The zero-order chi connectivity index (χ0) is 18.0. The number of nitrogens with zero attached hydrogens (tertiary/aromatic N) is 3. The van der Waals surface area contributed by atoms with Gasteiger partial charge in [-0.05, 0) is 45.6 Å². The van der Waals surface area contributed by atoms with Gasteiger partial charge in [-0.2, -0.15) is 0 Å². The van der Waals surface area contributed by atoms with Crippen LogP contribution in [0.5, 0.6) is 0 Å². The maximum Gasteiger partial charge on any atom is 0.253 e. The predicted octanol–water partition coefficient (Wildman–Crippen LogP) is 1.83. The normalized spacial score (nSPS) is 20.8. The molecule has 0 unspecified atom stereocenters. The van der Waals surface area contributed by atoms with E-state index >= 15 is 0 Å². The molecule has 1 aliphatic carbocycles. The minimum absolute atomic E-state index is 0.0167. The van der Waals surface area contributed by atoms with Crippen molar-refractivity contribution in [3.63, 3.8) is 0 Å². The Kier molecular flexibility index (Phi) is 4.94. The maximum absolute atomic E-state index is 12.4. The van der Waals surface area contributed by atoms with Gasteiger partial charge < -0.3 is 15.4 Å². The van der Waals surface area contributed by atoms with Gasteiger partial charge in [0, 0.05) is 37.1 Å². The molecule has 0 spiro atoms. The summed E-state index contributed by atoms with van der Waals surface area (Å²) in [5.41, 5.74) is 1.59. The molecule has 1 saturated carbocycles. The first-order valence-electron chi connectivity index (χ1n) is 8.88. The third-order valence-corrected chi connectivity index (χ3v) is 4.80. The van der Waals surface area contributed by atoms with Crippen LogP contribution in [0.25, 0.3) is 0 Å². The van der Waals surface area contributed by atoms with Crippen molar-refractivity contribution in [3.05, 3.63) is 35.4 Å². The second-order valence-corrected chi connectivity index (χ2v) is 7.71. The molecule has 0 aromatic carbocycles. The van der Waals surface area contributed by atoms with Crippen molar-refractivity contribution in [1.29, 1.82) is 0 Å². The number of aryl methyl sites for hydroxylation is 1. The number of amides is 1. The van der Waals surface area contributed by atoms with Gasteiger partial charge in [-0.1, -0.05) is 11.6 Å². The summed E-state index contributed by atoms with van der Waals surface area (Å²) in [5.74, 6) is 0.330. The van der Waals surface area contributed by atoms with Crippen LogP contribution in [0.15, 0.2) is 18.5 Å². The third-order valence-electron chi connectivity index (χ3n) is 4.80. The SMILES string of the molecule is Cc1[nH]ccc1C(=O)N[C@@H]1CCC[C@@H]1Cn1cc(CC(C)(C)O)nn1. The van der Waals surface area contributed by atoms with E-state index in [4.69, 9.17) is 0 Å². The molecular formula is C18H27N5O2. The fourth-order valence-electron chi connectivity index (χ4n) is 3.58. The molecule has 1 fully saturated rings. The van der Waals surface area contributed by atoms with Gasteiger partial charge in [0.15, 0.2) is 0 Å². The van der Waals surface area contributed by atoms with Gasteiger partial charge in [0.1, 0.15) is 0 Å². The molecule has 2 aromatic heterocycles. The van der Waals surface area contributed by atoms with Gasteiger partial charge >= 0.3 is 0 Å². The number of aromatic amines is 1. The van der Waals surface area contributed by atoms with Gasteiger partial charge in [-0.15, -0.1) is 5.10 Å². The summed E-state index contributed by atoms with van der Waals surface area (Å²) in [6.07, 6.45) is 7.32. The number of aromatic nitrogens is 4. The minimum atomic E-state index is -0.793. The van der Waals surface area contributed by atoms with Gasteiger partial charge in [0.05, 0.1) is 16.9 Å². The number of H-pyrrole nitrogens is 1. The number of carbonyl (C=O) groups is 1. The highest BCUT2D eigenvalue weighted by Crippen LogP contribution is 2.27. The molecular weight excluding hydrogens is 318 g/mol. The van der Waals surface area contributed by atoms with E-state index in [1.807, 2.05) is 23.9 Å². The molecule has 3 N–H and O–H groups in total. The van der Waals surface area contributed by atoms with E-state index < -0.39 is 5.60 Å². The molecule has 0 saturated heterocycles. The summed E-state index contributed by atoms with van der Waals surface area (Å²) in [4.78, 5) is 15.5. The lowest BCUT2D eigenvalue weighted by Gasteiger charge is -2.21. The molecule has 7 heteroatoms. The zero-order valence-corrected chi connectivity index (χ0v) is 15.1. The number of carbonyl (C=O) groups excluding carboxylic acids is 1. The Labute approximate surface area is 147 Å². The Bertz CT molecular complexity index is 728. The molecule has 1 amide bonds. The summed E-state index contributed by atoms with van der Waals surface area (Å²) < 4.78 is 1.83. The molecule has 0 bridgehead atoms. The van der Waals surface area contributed by atoms with Crippen LogP contribution in [0.4, 0.5) is 0 Å². The van der Waals surface area contributed by atoms with Gasteiger partial charge in [-0.3, -0.25) is 9.48 Å². The van der Waals surface area contributed by atoms with Crippen LogP contribution in [0, 0.1) is 12.8 Å². The van der Waals surface area contributed by atoms with Crippen LogP contribution in [0.2, 0.25) is 0 Å². The van der Waals surface area contributed by atoms with Crippen LogP contribution in [-0.2, 0) is 13.0 Å². The van der Waals surface area contributed by atoms with Crippen LogP contribution < -0.4 is 5.32 Å². The van der Waals surface area contributed by atoms with Crippen molar-refractivity contribution in [2.45, 2.75) is 64.6 Å². The molecule has 1 aliphatic rings. The second kappa shape index (κ2) is 7.00. The van der Waals surface area contributed by atoms with Crippen LogP contribution >= 0.6 is 0 Å². The largest absolute Gasteiger partial charge is 0.390 e. The fraction of sp³-hybridized carbons (Fsp3) is 0.611. The first-order chi connectivity index (χ1) is 11.8. The molecule has 2 heterocycles. The molecule has 25 heavy (non-hydrogen) atoms. The van der Waals surface area contributed by atoms with Crippen molar-refractivity contribution in [1.82, 2.24) is 25.3 Å². The summed E-state index contributed by atoms with van der Waals surface area (Å²) in [6.45, 7) is 6.16. The van der Waals surface area contributed by atoms with E-state index in [9.17, 15) is 9.90 Å². The molecule has 0 radical (unpaired) electrons. The first kappa shape index (κ1) is 17.7. The van der Waals surface area contributed by atoms with Crippen LogP contribution in [-0.4, -0.2) is 42.6 Å². The van der Waals surface area contributed by atoms with Gasteiger partial charge in [0.2, 0.25) is 0 Å². The zero-order valence-electron chi connectivity index (χ0n) is 15.1. The molecule has 0 aliphatic heterocycles. The van der Waals surface area contributed by atoms with Crippen molar-refractivity contribution in [2.24, 2.45) is 5.92 Å². The molecule has 136 valence electrons. The Hall–Kier alpha value is -2.15. The Morgan fingerprint density at radius 1 is 1.48 bits per heavy atom. The highest BCUT2D eigenvalue weighted by molar-refractivity contribution is 5.95. The Morgan fingerprint density at radius 3 is 2.96 bits per heavy atom. The van der Waals surface area contributed by atoms with Crippen LogP contribution in [0.1, 0.15) is 54.9 Å². The van der Waals surface area contributed by atoms with E-state index in [0.717, 1.165) is 37.2 Å². The van der Waals surface area contributed by atoms with Crippen LogP contribution in [0.3, 0.4) is 0 Å². The summed E-state index contributed by atoms with van der Waals surface area (Å²) >= 11 is 0. The lowest BCUT2D eigenvalue weighted by molar-refractivity contribution is 0.0798. The molecule has 2 atom stereocenters. The third kappa shape index (κ3) is 4.48. The highest BCUT2D eigenvalue weighted by atomic mass is 16.3.